The Morgan fingerprint density at radius 1 is 1.07 bits per heavy atom. The van der Waals surface area contributed by atoms with E-state index in [-0.39, 0.29) is 18.4 Å². The maximum Gasteiger partial charge on any atom is 0.244 e. The van der Waals surface area contributed by atoms with E-state index < -0.39 is 0 Å². The summed E-state index contributed by atoms with van der Waals surface area (Å²) in [6.45, 7) is 2.52. The minimum Gasteiger partial charge on any atom is -0.343 e. The average molecular weight is 389 g/mol. The molecule has 0 unspecified atom stereocenters. The van der Waals surface area contributed by atoms with Crippen LogP contribution in [0.1, 0.15) is 23.7 Å². The van der Waals surface area contributed by atoms with Gasteiger partial charge in [0, 0.05) is 11.8 Å². The summed E-state index contributed by atoms with van der Waals surface area (Å²) in [5.41, 5.74) is 3.49. The smallest absolute Gasteiger partial charge is 0.244 e. The predicted molar refractivity (Wildman–Crippen MR) is 112 cm³/mol. The molecule has 1 aromatic heterocycles. The van der Waals surface area contributed by atoms with E-state index in [9.17, 15) is 9.59 Å². The number of hydrogen-bond acceptors (Lipinski definition) is 4. The first kappa shape index (κ1) is 20.0. The maximum absolute atomic E-state index is 12.1. The zero-order valence-electron chi connectivity index (χ0n) is 16.2. The Labute approximate surface area is 169 Å². The first-order valence-electron chi connectivity index (χ1n) is 9.41. The van der Waals surface area contributed by atoms with E-state index in [1.54, 1.807) is 17.0 Å². The SMILES string of the molecule is CCc1ccccc1NC(=O)CNC(=O)/C=C/c1cn(Cc2ccccc2)nn1. The van der Waals surface area contributed by atoms with Gasteiger partial charge in [-0.3, -0.25) is 9.59 Å². The second-order valence-electron chi connectivity index (χ2n) is 6.44. The van der Waals surface area contributed by atoms with Gasteiger partial charge < -0.3 is 10.6 Å². The molecule has 0 atom stereocenters. The first-order chi connectivity index (χ1) is 14.1. The minimum absolute atomic E-state index is 0.109. The largest absolute Gasteiger partial charge is 0.343 e. The first-order valence-corrected chi connectivity index (χ1v) is 9.41. The fraction of sp³-hybridized carbons (Fsp3) is 0.182. The Morgan fingerprint density at radius 3 is 2.62 bits per heavy atom. The molecule has 29 heavy (non-hydrogen) atoms. The summed E-state index contributed by atoms with van der Waals surface area (Å²) in [5.74, 6) is -0.650. The van der Waals surface area contributed by atoms with Crippen LogP contribution in [-0.4, -0.2) is 33.4 Å². The molecule has 2 aromatic carbocycles. The lowest BCUT2D eigenvalue weighted by Gasteiger charge is -2.09. The molecule has 0 radical (unpaired) electrons. The maximum atomic E-state index is 12.1. The monoisotopic (exact) mass is 389 g/mol. The third-order valence-corrected chi connectivity index (χ3v) is 4.24. The molecule has 0 aliphatic heterocycles. The average Bonchev–Trinajstić information content (AvgIpc) is 3.19. The van der Waals surface area contributed by atoms with Gasteiger partial charge in [0.05, 0.1) is 19.3 Å². The van der Waals surface area contributed by atoms with Gasteiger partial charge in [-0.05, 0) is 29.7 Å². The molecular formula is C22H23N5O2. The number of carbonyl (C=O) groups is 2. The van der Waals surface area contributed by atoms with Crippen LogP contribution < -0.4 is 10.6 Å². The van der Waals surface area contributed by atoms with Crippen LogP contribution in [0.3, 0.4) is 0 Å². The van der Waals surface area contributed by atoms with Gasteiger partial charge in [0.1, 0.15) is 5.69 Å². The van der Waals surface area contributed by atoms with Crippen LogP contribution in [0.5, 0.6) is 0 Å². The standard InChI is InChI=1S/C22H23N5O2/c1-2-18-10-6-7-11-20(18)24-22(29)14-23-21(28)13-12-19-16-27(26-25-19)15-17-8-4-3-5-9-17/h3-13,16H,2,14-15H2,1H3,(H,23,28)(H,24,29)/b13-12+. The molecule has 3 aromatic rings. The number of anilines is 1. The zero-order chi connectivity index (χ0) is 20.5. The van der Waals surface area contributed by atoms with Crippen molar-refractivity contribution < 1.29 is 9.59 Å². The number of benzene rings is 2. The number of aromatic nitrogens is 3. The normalized spacial score (nSPS) is 10.8. The van der Waals surface area contributed by atoms with E-state index in [2.05, 4.69) is 20.9 Å². The van der Waals surface area contributed by atoms with Crippen molar-refractivity contribution in [1.82, 2.24) is 20.3 Å². The van der Waals surface area contributed by atoms with Crippen LogP contribution in [0.4, 0.5) is 5.69 Å². The summed E-state index contributed by atoms with van der Waals surface area (Å²) in [6.07, 6.45) is 5.47. The Bertz CT molecular complexity index is 995. The fourth-order valence-corrected chi connectivity index (χ4v) is 2.77. The number of aryl methyl sites for hydroxylation is 1. The summed E-state index contributed by atoms with van der Waals surface area (Å²) in [6, 6.07) is 17.5. The Morgan fingerprint density at radius 2 is 1.83 bits per heavy atom. The van der Waals surface area contributed by atoms with E-state index in [4.69, 9.17) is 0 Å². The number of hydrogen-bond donors (Lipinski definition) is 2. The molecule has 7 heteroatoms. The Balaban J connectivity index is 1.47. The van der Waals surface area contributed by atoms with E-state index >= 15 is 0 Å². The Kier molecular flexibility index (Phi) is 6.89. The van der Waals surface area contributed by atoms with Gasteiger partial charge in [-0.25, -0.2) is 4.68 Å². The van der Waals surface area contributed by atoms with Gasteiger partial charge in [0.2, 0.25) is 11.8 Å². The molecule has 0 fully saturated rings. The lowest BCUT2D eigenvalue weighted by molar-refractivity contribution is -0.121. The van der Waals surface area contributed by atoms with Crippen molar-refractivity contribution in [3.8, 4) is 0 Å². The number of amides is 2. The van der Waals surface area contributed by atoms with Crippen molar-refractivity contribution >= 4 is 23.6 Å². The molecule has 148 valence electrons. The lowest BCUT2D eigenvalue weighted by Crippen LogP contribution is -2.31. The summed E-state index contributed by atoms with van der Waals surface area (Å²) in [5, 5.41) is 13.4. The zero-order valence-corrected chi connectivity index (χ0v) is 16.2. The van der Waals surface area contributed by atoms with E-state index in [0.29, 0.717) is 12.2 Å². The molecule has 0 spiro atoms. The van der Waals surface area contributed by atoms with Crippen molar-refractivity contribution in [1.29, 1.82) is 0 Å². The Hall–Kier alpha value is -3.74. The summed E-state index contributed by atoms with van der Waals surface area (Å²) < 4.78 is 1.70. The third-order valence-electron chi connectivity index (χ3n) is 4.24. The van der Waals surface area contributed by atoms with E-state index in [1.807, 2.05) is 61.5 Å². The second kappa shape index (κ2) is 9.98. The van der Waals surface area contributed by atoms with Gasteiger partial charge in [0.15, 0.2) is 0 Å². The molecule has 0 saturated heterocycles. The number of para-hydroxylation sites is 1. The molecule has 0 aliphatic rings. The van der Waals surface area contributed by atoms with Crippen molar-refractivity contribution in [3.63, 3.8) is 0 Å². The highest BCUT2D eigenvalue weighted by Crippen LogP contribution is 2.14. The van der Waals surface area contributed by atoms with E-state index in [1.165, 1.54) is 6.08 Å². The third kappa shape index (κ3) is 6.14. The van der Waals surface area contributed by atoms with Crippen molar-refractivity contribution in [2.45, 2.75) is 19.9 Å². The molecule has 7 nitrogen and oxygen atoms in total. The van der Waals surface area contributed by atoms with Crippen LogP contribution in [0, 0.1) is 0 Å². The highest BCUT2D eigenvalue weighted by atomic mass is 16.2. The highest BCUT2D eigenvalue weighted by Gasteiger charge is 2.07. The summed E-state index contributed by atoms with van der Waals surface area (Å²) >= 11 is 0. The van der Waals surface area contributed by atoms with Crippen molar-refractivity contribution in [2.75, 3.05) is 11.9 Å². The van der Waals surface area contributed by atoms with Crippen LogP contribution in [0.2, 0.25) is 0 Å². The molecule has 0 bridgehead atoms. The number of rotatable bonds is 8. The van der Waals surface area contributed by atoms with Crippen LogP contribution in [0.15, 0.2) is 66.9 Å². The summed E-state index contributed by atoms with van der Waals surface area (Å²) in [4.78, 5) is 24.0. The van der Waals surface area contributed by atoms with Gasteiger partial charge in [0.25, 0.3) is 0 Å². The predicted octanol–water partition coefficient (Wildman–Crippen LogP) is 2.66. The van der Waals surface area contributed by atoms with Gasteiger partial charge in [-0.2, -0.15) is 0 Å². The molecule has 1 heterocycles. The van der Waals surface area contributed by atoms with Crippen LogP contribution >= 0.6 is 0 Å². The topological polar surface area (TPSA) is 88.9 Å². The molecule has 0 saturated carbocycles. The second-order valence-corrected chi connectivity index (χ2v) is 6.44. The van der Waals surface area contributed by atoms with Crippen molar-refractivity contribution in [3.05, 3.63) is 83.7 Å². The molecule has 3 rings (SSSR count). The number of nitrogens with zero attached hydrogens (tertiary/aromatic N) is 3. The minimum atomic E-state index is -0.374. The molecule has 2 N–H and O–H groups in total. The van der Waals surface area contributed by atoms with Gasteiger partial charge in [-0.15, -0.1) is 5.10 Å². The molecule has 0 aliphatic carbocycles. The van der Waals surface area contributed by atoms with Crippen LogP contribution in [-0.2, 0) is 22.6 Å². The summed E-state index contributed by atoms with van der Waals surface area (Å²) in [7, 11) is 0. The molecular weight excluding hydrogens is 366 g/mol. The quantitative estimate of drug-likeness (QED) is 0.580. The van der Waals surface area contributed by atoms with Crippen molar-refractivity contribution in [2.24, 2.45) is 0 Å². The number of carbonyl (C=O) groups excluding carboxylic acids is 2. The fourth-order valence-electron chi connectivity index (χ4n) is 2.77. The lowest BCUT2D eigenvalue weighted by atomic mass is 10.1. The molecule has 2 amide bonds. The van der Waals surface area contributed by atoms with E-state index in [0.717, 1.165) is 23.2 Å². The van der Waals surface area contributed by atoms with Gasteiger partial charge >= 0.3 is 0 Å². The van der Waals surface area contributed by atoms with Gasteiger partial charge in [-0.1, -0.05) is 60.7 Å². The highest BCUT2D eigenvalue weighted by molar-refractivity contribution is 5.98. The number of nitrogens with one attached hydrogen (secondary N) is 2. The van der Waals surface area contributed by atoms with Crippen LogP contribution in [0.25, 0.3) is 6.08 Å².